The lowest BCUT2D eigenvalue weighted by atomic mass is 10.1. The lowest BCUT2D eigenvalue weighted by molar-refractivity contribution is -0.132. The smallest absolute Gasteiger partial charge is 0.227 e. The third-order valence-corrected chi connectivity index (χ3v) is 9.02. The van der Waals surface area contributed by atoms with Gasteiger partial charge in [0, 0.05) is 18.8 Å². The van der Waals surface area contributed by atoms with E-state index < -0.39 is 15.1 Å². The van der Waals surface area contributed by atoms with Crippen LogP contribution in [0.2, 0.25) is 0 Å². The van der Waals surface area contributed by atoms with Gasteiger partial charge in [-0.3, -0.25) is 4.79 Å². The lowest BCUT2D eigenvalue weighted by Gasteiger charge is -2.33. The average Bonchev–Trinajstić information content (AvgIpc) is 3.06. The second-order valence-corrected chi connectivity index (χ2v) is 11.7. The number of carbonyl (C=O) groups excluding carboxylic acids is 1. The van der Waals surface area contributed by atoms with Crippen LogP contribution in [0.3, 0.4) is 0 Å². The molecule has 0 N–H and O–H groups in total. The van der Waals surface area contributed by atoms with Gasteiger partial charge in [-0.25, -0.2) is 8.42 Å². The van der Waals surface area contributed by atoms with E-state index in [4.69, 9.17) is 0 Å². The zero-order valence-corrected chi connectivity index (χ0v) is 18.6. The average molecular weight is 425 g/mol. The summed E-state index contributed by atoms with van der Waals surface area (Å²) in [7, 11) is -3.27. The van der Waals surface area contributed by atoms with Crippen LogP contribution in [0.1, 0.15) is 38.7 Å². The van der Waals surface area contributed by atoms with Gasteiger partial charge >= 0.3 is 0 Å². The molecular weight excluding hydrogens is 392 g/mol. The molecule has 7 heteroatoms. The van der Waals surface area contributed by atoms with Crippen molar-refractivity contribution in [1.29, 1.82) is 0 Å². The maximum absolute atomic E-state index is 13.1. The highest BCUT2D eigenvalue weighted by Gasteiger charge is 2.28. The Morgan fingerprint density at radius 3 is 2.43 bits per heavy atom. The number of sulfone groups is 1. The van der Waals surface area contributed by atoms with E-state index in [2.05, 4.69) is 9.80 Å². The first-order valence-corrected chi connectivity index (χ1v) is 13.0. The fourth-order valence-corrected chi connectivity index (χ4v) is 6.03. The predicted molar refractivity (Wildman–Crippen MR) is 116 cm³/mol. The molecule has 0 aromatic heterocycles. The maximum Gasteiger partial charge on any atom is 0.227 e. The van der Waals surface area contributed by atoms with E-state index in [0.29, 0.717) is 11.3 Å². The van der Waals surface area contributed by atoms with Crippen molar-refractivity contribution in [3.63, 3.8) is 0 Å². The Labute approximate surface area is 173 Å². The van der Waals surface area contributed by atoms with Crippen LogP contribution in [0.15, 0.2) is 29.2 Å². The Morgan fingerprint density at radius 2 is 1.79 bits per heavy atom. The van der Waals surface area contributed by atoms with Gasteiger partial charge < -0.3 is 9.80 Å². The van der Waals surface area contributed by atoms with Crippen molar-refractivity contribution in [2.75, 3.05) is 37.7 Å². The summed E-state index contributed by atoms with van der Waals surface area (Å²) in [6.07, 6.45) is 3.90. The molecule has 2 saturated heterocycles. The molecule has 28 heavy (non-hydrogen) atoms. The van der Waals surface area contributed by atoms with Gasteiger partial charge in [0.1, 0.15) is 0 Å². The number of amides is 1. The van der Waals surface area contributed by atoms with Gasteiger partial charge in [-0.05, 0) is 69.6 Å². The molecule has 1 aromatic rings. The van der Waals surface area contributed by atoms with Crippen LogP contribution in [0.5, 0.6) is 0 Å². The third-order valence-electron chi connectivity index (χ3n) is 5.65. The zero-order chi connectivity index (χ0) is 20.1. The highest BCUT2D eigenvalue weighted by atomic mass is 32.2. The quantitative estimate of drug-likeness (QED) is 0.703. The molecule has 0 radical (unpaired) electrons. The standard InChI is InChI=1S/C21H32N2O3S2/c1-17(2)28(25,26)20-8-6-18(7-9-20)14-21(24)23-12-5-13-27-16-19(23)15-22-10-3-4-11-22/h6-9,17,19H,3-5,10-16H2,1-2H3. The van der Waals surface area contributed by atoms with Gasteiger partial charge in [-0.1, -0.05) is 12.1 Å². The van der Waals surface area contributed by atoms with Gasteiger partial charge in [0.2, 0.25) is 5.91 Å². The fraction of sp³-hybridized carbons (Fsp3) is 0.667. The molecule has 1 atom stereocenters. The summed E-state index contributed by atoms with van der Waals surface area (Å²) < 4.78 is 24.6. The largest absolute Gasteiger partial charge is 0.337 e. The number of nitrogens with zero attached hydrogens (tertiary/aromatic N) is 2. The van der Waals surface area contributed by atoms with Crippen LogP contribution in [0, 0.1) is 0 Å². The van der Waals surface area contributed by atoms with Crippen molar-refractivity contribution >= 4 is 27.5 Å². The SMILES string of the molecule is CC(C)S(=O)(=O)c1ccc(CC(=O)N2CCCSCC2CN2CCCC2)cc1. The first-order valence-electron chi connectivity index (χ1n) is 10.3. The monoisotopic (exact) mass is 424 g/mol. The summed E-state index contributed by atoms with van der Waals surface area (Å²) in [6.45, 7) is 7.47. The van der Waals surface area contributed by atoms with Crippen molar-refractivity contribution in [2.24, 2.45) is 0 Å². The summed E-state index contributed by atoms with van der Waals surface area (Å²) in [6, 6.07) is 7.12. The van der Waals surface area contributed by atoms with Crippen LogP contribution in [0.4, 0.5) is 0 Å². The first kappa shape index (κ1) is 21.7. The Balaban J connectivity index is 1.67. The Bertz CT molecular complexity index is 756. The minimum atomic E-state index is -3.27. The predicted octanol–water partition coefficient (Wildman–Crippen LogP) is 2.84. The van der Waals surface area contributed by atoms with E-state index in [1.54, 1.807) is 38.1 Å². The van der Waals surface area contributed by atoms with Crippen LogP contribution < -0.4 is 0 Å². The molecule has 2 aliphatic heterocycles. The molecule has 2 aliphatic rings. The highest BCUT2D eigenvalue weighted by Crippen LogP contribution is 2.21. The van der Waals surface area contributed by atoms with Crippen molar-refractivity contribution in [3.05, 3.63) is 29.8 Å². The summed E-state index contributed by atoms with van der Waals surface area (Å²) >= 11 is 1.95. The molecular formula is C21H32N2O3S2. The van der Waals surface area contributed by atoms with Crippen LogP contribution in [-0.4, -0.2) is 73.1 Å². The number of likely N-dealkylation sites (tertiary alicyclic amines) is 1. The van der Waals surface area contributed by atoms with Crippen molar-refractivity contribution in [3.8, 4) is 0 Å². The number of rotatable bonds is 6. The van der Waals surface area contributed by atoms with E-state index in [1.165, 1.54) is 12.8 Å². The molecule has 5 nitrogen and oxygen atoms in total. The topological polar surface area (TPSA) is 57.7 Å². The molecule has 0 spiro atoms. The number of benzene rings is 1. The molecule has 0 aliphatic carbocycles. The molecule has 1 amide bonds. The highest BCUT2D eigenvalue weighted by molar-refractivity contribution is 7.99. The normalized spacial score (nSPS) is 21.8. The second kappa shape index (κ2) is 9.63. The minimum Gasteiger partial charge on any atom is -0.337 e. The van der Waals surface area contributed by atoms with E-state index >= 15 is 0 Å². The number of hydrogen-bond donors (Lipinski definition) is 0. The number of carbonyl (C=O) groups is 1. The Hall–Kier alpha value is -1.05. The van der Waals surface area contributed by atoms with E-state index in [9.17, 15) is 13.2 Å². The Morgan fingerprint density at radius 1 is 1.11 bits per heavy atom. The summed E-state index contributed by atoms with van der Waals surface area (Å²) in [5.74, 6) is 2.28. The van der Waals surface area contributed by atoms with Gasteiger partial charge in [0.15, 0.2) is 9.84 Å². The fourth-order valence-electron chi connectivity index (χ4n) is 3.92. The molecule has 2 heterocycles. The summed E-state index contributed by atoms with van der Waals surface area (Å²) in [5.41, 5.74) is 0.879. The van der Waals surface area contributed by atoms with Crippen molar-refractivity contribution < 1.29 is 13.2 Å². The maximum atomic E-state index is 13.1. The summed E-state index contributed by atoms with van der Waals surface area (Å²) in [5, 5.41) is -0.444. The molecule has 156 valence electrons. The van der Waals surface area contributed by atoms with Crippen molar-refractivity contribution in [1.82, 2.24) is 9.80 Å². The van der Waals surface area contributed by atoms with Gasteiger partial charge in [-0.15, -0.1) is 0 Å². The second-order valence-electron chi connectivity index (χ2n) is 8.09. The van der Waals surface area contributed by atoms with E-state index in [1.807, 2.05) is 11.8 Å². The lowest BCUT2D eigenvalue weighted by Crippen LogP contribution is -2.48. The van der Waals surface area contributed by atoms with E-state index in [0.717, 1.165) is 49.7 Å². The molecule has 0 bridgehead atoms. The van der Waals surface area contributed by atoms with Gasteiger partial charge in [-0.2, -0.15) is 11.8 Å². The first-order chi connectivity index (χ1) is 13.4. The van der Waals surface area contributed by atoms with Crippen molar-refractivity contribution in [2.45, 2.75) is 55.7 Å². The minimum absolute atomic E-state index is 0.158. The molecule has 2 fully saturated rings. The van der Waals surface area contributed by atoms with E-state index in [-0.39, 0.29) is 11.9 Å². The van der Waals surface area contributed by atoms with Gasteiger partial charge in [0.05, 0.1) is 22.6 Å². The molecule has 1 aromatic carbocycles. The molecule has 3 rings (SSSR count). The third kappa shape index (κ3) is 5.30. The number of thioether (sulfide) groups is 1. The van der Waals surface area contributed by atoms with Crippen LogP contribution in [0.25, 0.3) is 0 Å². The van der Waals surface area contributed by atoms with Crippen LogP contribution >= 0.6 is 11.8 Å². The Kier molecular flexibility index (Phi) is 7.45. The summed E-state index contributed by atoms with van der Waals surface area (Å²) in [4.78, 5) is 18.0. The molecule has 0 saturated carbocycles. The molecule has 1 unspecified atom stereocenters. The van der Waals surface area contributed by atoms with Gasteiger partial charge in [0.25, 0.3) is 0 Å². The van der Waals surface area contributed by atoms with Crippen LogP contribution in [-0.2, 0) is 21.1 Å². The number of hydrogen-bond acceptors (Lipinski definition) is 5. The zero-order valence-electron chi connectivity index (χ0n) is 17.0.